The number of rotatable bonds is 16. The van der Waals surface area contributed by atoms with Crippen LogP contribution in [0.3, 0.4) is 0 Å². The van der Waals surface area contributed by atoms with E-state index in [-0.39, 0.29) is 60.3 Å². The fraction of sp³-hybridized carbons (Fsp3) is 0.308. The molecule has 19 nitrogen and oxygen atoms in total. The summed E-state index contributed by atoms with van der Waals surface area (Å²) in [7, 11) is -18.3. The van der Waals surface area contributed by atoms with E-state index in [1.165, 1.54) is 24.3 Å². The van der Waals surface area contributed by atoms with Crippen molar-refractivity contribution in [1.82, 2.24) is 0 Å². The molecular formula is C26H31N5O14S4. The monoisotopic (exact) mass is 765 g/mol. The second-order valence-corrected chi connectivity index (χ2v) is 16.2. The molecule has 0 saturated carbocycles. The first kappa shape index (κ1) is 39.3. The van der Waals surface area contributed by atoms with Crippen molar-refractivity contribution in [3.8, 4) is 11.5 Å². The molecule has 268 valence electrons. The van der Waals surface area contributed by atoms with Gasteiger partial charge < -0.3 is 15.2 Å². The van der Waals surface area contributed by atoms with Crippen LogP contribution in [0.15, 0.2) is 72.7 Å². The Kier molecular flexibility index (Phi) is 12.5. The van der Waals surface area contributed by atoms with Crippen LogP contribution in [0.4, 0.5) is 28.4 Å². The molecule has 0 bridgehead atoms. The maximum absolute atomic E-state index is 11.9. The van der Waals surface area contributed by atoms with Gasteiger partial charge in [-0.25, -0.2) is 0 Å². The quantitative estimate of drug-likeness (QED) is 0.0579. The highest BCUT2D eigenvalue weighted by Crippen LogP contribution is 2.39. The van der Waals surface area contributed by atoms with Gasteiger partial charge in [-0.3, -0.25) is 18.2 Å². The van der Waals surface area contributed by atoms with Gasteiger partial charge in [0.25, 0.3) is 40.5 Å². The van der Waals surface area contributed by atoms with Crippen LogP contribution < -0.4 is 15.2 Å². The first-order valence-corrected chi connectivity index (χ1v) is 19.8. The molecule has 0 atom stereocenters. The Morgan fingerprint density at radius 1 is 0.592 bits per heavy atom. The van der Waals surface area contributed by atoms with Gasteiger partial charge in [0.2, 0.25) is 0 Å². The molecule has 0 aliphatic rings. The average molecular weight is 766 g/mol. The van der Waals surface area contributed by atoms with E-state index in [9.17, 15) is 42.8 Å². The van der Waals surface area contributed by atoms with Gasteiger partial charge in [0, 0.05) is 12.1 Å². The Bertz CT molecular complexity index is 2220. The van der Waals surface area contributed by atoms with Crippen molar-refractivity contribution < 1.29 is 61.4 Å². The number of hydrogen-bond acceptors (Lipinski definition) is 15. The van der Waals surface area contributed by atoms with Crippen molar-refractivity contribution in [1.29, 1.82) is 0 Å². The van der Waals surface area contributed by atoms with Crippen LogP contribution in [-0.2, 0) is 40.5 Å². The van der Waals surface area contributed by atoms with Gasteiger partial charge in [-0.15, -0.1) is 10.2 Å². The standard InChI is InChI=1S/C26H31N5O14S4/c1-16-11-19(27)24(44-7-3-9-46(32,33)34)14-21(16)30-31-23-12-17(2)22(15-25(23)45-8-4-10-47(35,36)37)29-28-20-6-5-18(48(38,39)40)13-26(20)49(41,42)43/h5-6,11-15H,3-4,7-10,27H2,1-2H3,(H,32,33,34)(H,35,36,37)(H,38,39,40)(H,41,42,43). The van der Waals surface area contributed by atoms with Crippen LogP contribution in [-0.4, -0.2) is 76.6 Å². The van der Waals surface area contributed by atoms with Crippen LogP contribution in [0.5, 0.6) is 11.5 Å². The summed E-state index contributed by atoms with van der Waals surface area (Å²) in [6.45, 7) is 2.93. The van der Waals surface area contributed by atoms with Crippen molar-refractivity contribution in [2.45, 2.75) is 36.5 Å². The van der Waals surface area contributed by atoms with Crippen LogP contribution in [0.2, 0.25) is 0 Å². The van der Waals surface area contributed by atoms with Gasteiger partial charge in [0.15, 0.2) is 0 Å². The number of ether oxygens (including phenoxy) is 2. The third-order valence-corrected chi connectivity index (χ3v) is 9.59. The van der Waals surface area contributed by atoms with E-state index < -0.39 is 67.5 Å². The Morgan fingerprint density at radius 2 is 1.06 bits per heavy atom. The van der Waals surface area contributed by atoms with Crippen LogP contribution in [0.1, 0.15) is 24.0 Å². The zero-order valence-electron chi connectivity index (χ0n) is 25.7. The summed E-state index contributed by atoms with van der Waals surface area (Å²) in [5.74, 6) is -0.977. The van der Waals surface area contributed by atoms with Gasteiger partial charge in [-0.1, -0.05) is 0 Å². The van der Waals surface area contributed by atoms with E-state index >= 15 is 0 Å². The van der Waals surface area contributed by atoms with E-state index in [0.717, 1.165) is 12.1 Å². The zero-order chi connectivity index (χ0) is 36.8. The van der Waals surface area contributed by atoms with Gasteiger partial charge in [0.05, 0.1) is 46.7 Å². The molecule has 0 aromatic heterocycles. The number of azo groups is 2. The first-order chi connectivity index (χ1) is 22.5. The molecule has 3 aromatic carbocycles. The van der Waals surface area contributed by atoms with Crippen molar-refractivity contribution in [2.75, 3.05) is 30.5 Å². The van der Waals surface area contributed by atoms with Gasteiger partial charge >= 0.3 is 0 Å². The molecule has 0 saturated heterocycles. The Labute approximate surface area is 281 Å². The maximum atomic E-state index is 11.9. The molecular weight excluding hydrogens is 735 g/mol. The van der Waals surface area contributed by atoms with Crippen molar-refractivity contribution in [3.63, 3.8) is 0 Å². The molecule has 3 rings (SSSR count). The predicted molar refractivity (Wildman–Crippen MR) is 174 cm³/mol. The molecule has 0 aliphatic carbocycles. The molecule has 0 aliphatic heterocycles. The highest BCUT2D eigenvalue weighted by atomic mass is 32.2. The van der Waals surface area contributed by atoms with E-state index in [4.69, 9.17) is 24.3 Å². The van der Waals surface area contributed by atoms with Crippen LogP contribution >= 0.6 is 0 Å². The number of anilines is 1. The molecule has 0 heterocycles. The lowest BCUT2D eigenvalue weighted by atomic mass is 10.1. The SMILES string of the molecule is Cc1cc(N)c(OCCCS(=O)(=O)O)cc1N=Nc1cc(C)c(N=Nc2ccc(S(=O)(=O)O)cc2S(=O)(=O)O)cc1OCCCS(=O)(=O)O. The van der Waals surface area contributed by atoms with E-state index in [0.29, 0.717) is 17.2 Å². The lowest BCUT2D eigenvalue weighted by Crippen LogP contribution is -2.09. The Hall–Kier alpha value is -4.10. The molecule has 0 spiro atoms. The Balaban J connectivity index is 2.00. The molecule has 0 amide bonds. The third kappa shape index (κ3) is 12.4. The summed E-state index contributed by atoms with van der Waals surface area (Å²) in [5, 5.41) is 16.2. The van der Waals surface area contributed by atoms with E-state index in [1.807, 2.05) is 0 Å². The minimum atomic E-state index is -5.03. The predicted octanol–water partition coefficient (Wildman–Crippen LogP) is 4.52. The number of nitrogens with zero attached hydrogens (tertiary/aromatic N) is 4. The molecule has 49 heavy (non-hydrogen) atoms. The lowest BCUT2D eigenvalue weighted by Gasteiger charge is -2.12. The fourth-order valence-electron chi connectivity index (χ4n) is 3.90. The largest absolute Gasteiger partial charge is 0.491 e. The topological polar surface area (TPSA) is 311 Å². The van der Waals surface area contributed by atoms with Crippen molar-refractivity contribution in [3.05, 3.63) is 53.6 Å². The fourth-order valence-corrected chi connectivity index (χ4v) is 6.10. The molecule has 0 unspecified atom stereocenters. The normalized spacial score (nSPS) is 12.9. The second kappa shape index (κ2) is 15.6. The molecule has 23 heteroatoms. The summed E-state index contributed by atoms with van der Waals surface area (Å²) >= 11 is 0. The lowest BCUT2D eigenvalue weighted by molar-refractivity contribution is 0.317. The summed E-state index contributed by atoms with van der Waals surface area (Å²) < 4.78 is 139. The van der Waals surface area contributed by atoms with Crippen molar-refractivity contribution >= 4 is 68.9 Å². The van der Waals surface area contributed by atoms with Gasteiger partial charge in [-0.2, -0.15) is 43.9 Å². The van der Waals surface area contributed by atoms with Gasteiger partial charge in [-0.05, 0) is 68.1 Å². The van der Waals surface area contributed by atoms with Crippen LogP contribution in [0, 0.1) is 13.8 Å². The van der Waals surface area contributed by atoms with Gasteiger partial charge in [0.1, 0.15) is 27.8 Å². The highest BCUT2D eigenvalue weighted by molar-refractivity contribution is 7.87. The number of nitrogen functional groups attached to an aromatic ring is 1. The number of hydrogen-bond donors (Lipinski definition) is 5. The molecule has 3 aromatic rings. The highest BCUT2D eigenvalue weighted by Gasteiger charge is 2.21. The van der Waals surface area contributed by atoms with Crippen molar-refractivity contribution in [2.24, 2.45) is 20.5 Å². The summed E-state index contributed by atoms with van der Waals surface area (Å²) in [6.07, 6.45) is -0.148. The Morgan fingerprint density at radius 3 is 1.57 bits per heavy atom. The molecule has 0 fully saturated rings. The second-order valence-electron chi connectivity index (χ2n) is 10.2. The molecule has 6 N–H and O–H groups in total. The summed E-state index contributed by atoms with van der Waals surface area (Å²) in [4.78, 5) is -1.78. The minimum absolute atomic E-state index is 0.00912. The number of aryl methyl sites for hydroxylation is 2. The number of benzene rings is 3. The maximum Gasteiger partial charge on any atom is 0.296 e. The van der Waals surface area contributed by atoms with E-state index in [1.54, 1.807) is 13.8 Å². The average Bonchev–Trinajstić information content (AvgIpc) is 2.95. The minimum Gasteiger partial charge on any atom is -0.491 e. The van der Waals surface area contributed by atoms with Crippen LogP contribution in [0.25, 0.3) is 0 Å². The summed E-state index contributed by atoms with van der Waals surface area (Å²) in [5.41, 5.74) is 7.14. The third-order valence-electron chi connectivity index (χ3n) is 6.25. The zero-order valence-corrected chi connectivity index (χ0v) is 28.9. The summed E-state index contributed by atoms with van der Waals surface area (Å²) in [6, 6.07) is 7.96. The van der Waals surface area contributed by atoms with E-state index in [2.05, 4.69) is 20.5 Å². The number of nitrogens with two attached hydrogens (primary N) is 1. The smallest absolute Gasteiger partial charge is 0.296 e. The molecule has 0 radical (unpaired) electrons. The first-order valence-electron chi connectivity index (χ1n) is 13.7.